The zero-order chi connectivity index (χ0) is 33.4. The minimum Gasteiger partial charge on any atom is -0.504 e. The lowest BCUT2D eigenvalue weighted by Gasteiger charge is -2.56. The van der Waals surface area contributed by atoms with Gasteiger partial charge >= 0.3 is 0 Å². The SMILES string of the molecule is [2H]C([2H])([2H])N1CC[C@]23c4c5cc(-c6cc7c8c(c6O)O[C@H]6[C@@H](O)C=C[C@H]9[C@@H](C7)N(C([2H])([2H])[2H])CC[C@@]896)c(O)c4O[C@H]2[C@@H](O)C=C[C@H]3[C@H]1C5. The van der Waals surface area contributed by atoms with Crippen LogP contribution in [-0.2, 0) is 23.7 Å². The zero-order valence-corrected chi connectivity index (χ0v) is 22.8. The van der Waals surface area contributed by atoms with Gasteiger partial charge in [0.1, 0.15) is 24.4 Å². The Labute approximate surface area is 252 Å². The lowest BCUT2D eigenvalue weighted by molar-refractivity contribution is -0.0453. The average Bonchev–Trinajstić information content (AvgIpc) is 3.54. The van der Waals surface area contributed by atoms with Crippen LogP contribution in [0.5, 0.6) is 23.0 Å². The monoisotopic (exact) mass is 574 g/mol. The molecule has 4 N–H and O–H groups in total. The summed E-state index contributed by atoms with van der Waals surface area (Å²) in [5.41, 5.74) is 2.33. The summed E-state index contributed by atoms with van der Waals surface area (Å²) in [5, 5.41) is 46.3. The number of benzene rings is 2. The normalized spacial score (nSPS) is 45.8. The molecular formula is C34H36N2O6. The zero-order valence-electron chi connectivity index (χ0n) is 28.8. The van der Waals surface area contributed by atoms with E-state index in [2.05, 4.69) is 0 Å². The molecule has 2 aromatic rings. The molecule has 4 bridgehead atoms. The van der Waals surface area contributed by atoms with Crippen LogP contribution < -0.4 is 9.47 Å². The van der Waals surface area contributed by atoms with Gasteiger partial charge in [-0.1, -0.05) is 24.3 Å². The van der Waals surface area contributed by atoms with Gasteiger partial charge < -0.3 is 39.7 Å². The number of rotatable bonds is 1. The van der Waals surface area contributed by atoms with E-state index in [0.29, 0.717) is 38.8 Å². The molecule has 0 saturated carbocycles. The number of aliphatic hydroxyl groups is 2. The first-order valence-corrected chi connectivity index (χ1v) is 15.1. The third kappa shape index (κ3) is 2.48. The van der Waals surface area contributed by atoms with Gasteiger partial charge in [0.05, 0.1) is 0 Å². The molecule has 10 rings (SSSR count). The quantitative estimate of drug-likeness (QED) is 0.385. The summed E-state index contributed by atoms with van der Waals surface area (Å²) in [5.74, 6) is -0.351. The maximum absolute atomic E-state index is 12.0. The van der Waals surface area contributed by atoms with Crippen molar-refractivity contribution in [3.8, 4) is 34.1 Å². The summed E-state index contributed by atoms with van der Waals surface area (Å²) in [4.78, 5) is 3.12. The number of hydrogen-bond donors (Lipinski definition) is 4. The van der Waals surface area contributed by atoms with E-state index in [9.17, 15) is 20.4 Å². The molecule has 0 aromatic heterocycles. The van der Waals surface area contributed by atoms with Crippen molar-refractivity contribution in [1.82, 2.24) is 9.80 Å². The van der Waals surface area contributed by atoms with E-state index in [0.717, 1.165) is 22.3 Å². The molecule has 8 heteroatoms. The smallest absolute Gasteiger partial charge is 0.166 e. The number of likely N-dealkylation sites (N-methyl/N-ethyl adjacent to an activating group) is 2. The largest absolute Gasteiger partial charge is 0.504 e. The Morgan fingerprint density at radius 3 is 1.62 bits per heavy atom. The number of aliphatic hydroxyl groups excluding tert-OH is 2. The second-order valence-electron chi connectivity index (χ2n) is 13.7. The fourth-order valence-corrected chi connectivity index (χ4v) is 10.7. The van der Waals surface area contributed by atoms with Crippen molar-refractivity contribution < 1.29 is 38.1 Å². The van der Waals surface area contributed by atoms with E-state index < -0.39 is 61.3 Å². The van der Waals surface area contributed by atoms with E-state index in [1.807, 2.05) is 24.3 Å². The molecule has 10 atom stereocenters. The molecule has 4 aliphatic heterocycles. The van der Waals surface area contributed by atoms with Crippen LogP contribution in [-0.4, -0.2) is 93.8 Å². The molecule has 2 saturated heterocycles. The fourth-order valence-electron chi connectivity index (χ4n) is 10.7. The van der Waals surface area contributed by atoms with E-state index in [4.69, 9.17) is 17.7 Å². The number of piperidine rings is 2. The first-order chi connectivity index (χ1) is 22.7. The van der Waals surface area contributed by atoms with Crippen LogP contribution >= 0.6 is 0 Å². The molecule has 8 aliphatic rings. The van der Waals surface area contributed by atoms with Gasteiger partial charge in [0.2, 0.25) is 0 Å². The number of ether oxygens (including phenoxy) is 2. The van der Waals surface area contributed by atoms with Crippen LogP contribution in [0, 0.1) is 11.8 Å². The maximum Gasteiger partial charge on any atom is 0.166 e. The molecule has 42 heavy (non-hydrogen) atoms. The molecule has 2 aromatic carbocycles. The molecule has 218 valence electrons. The number of hydrogen-bond acceptors (Lipinski definition) is 8. The van der Waals surface area contributed by atoms with Crippen molar-refractivity contribution in [3.63, 3.8) is 0 Å². The molecule has 2 spiro atoms. The van der Waals surface area contributed by atoms with Gasteiger partial charge in [-0.3, -0.25) is 0 Å². The Hall–Kier alpha value is -3.04. The first kappa shape index (κ1) is 19.3. The summed E-state index contributed by atoms with van der Waals surface area (Å²) >= 11 is 0. The highest BCUT2D eigenvalue weighted by molar-refractivity contribution is 5.85. The minimum atomic E-state index is -2.32. The average molecular weight is 575 g/mol. The van der Waals surface area contributed by atoms with Crippen LogP contribution in [0.3, 0.4) is 0 Å². The standard InChI is InChI=1S/C34H36N2O6/c1-35-9-7-33-19-3-5-23(37)31(33)41-29-25(33)15(13-21(19)35)11-17(27(29)39)18-12-16-14-22-20-4-6-24(38)32-34(20,8-10-36(22)2)26(16)30(42-32)28(18)40/h3-6,11-12,19-24,31-32,37-40H,7-10,13-14H2,1-2H3/t19-,20-,21+,22+,23-,24-,31-,32-,33-,34-/m0/s1/i1D3,2D3. The van der Waals surface area contributed by atoms with E-state index in [1.54, 1.807) is 22.0 Å². The Bertz CT molecular complexity index is 1740. The molecule has 8 nitrogen and oxygen atoms in total. The lowest BCUT2D eigenvalue weighted by atomic mass is 9.53. The Morgan fingerprint density at radius 2 is 1.19 bits per heavy atom. The molecule has 0 unspecified atom stereocenters. The highest BCUT2D eigenvalue weighted by Gasteiger charge is 2.66. The van der Waals surface area contributed by atoms with Crippen molar-refractivity contribution in [2.24, 2.45) is 11.8 Å². The van der Waals surface area contributed by atoms with Gasteiger partial charge in [0, 0.05) is 65.2 Å². The second-order valence-corrected chi connectivity index (χ2v) is 13.7. The van der Waals surface area contributed by atoms with Crippen LogP contribution in [0.1, 0.15) is 43.3 Å². The molecular weight excluding hydrogens is 532 g/mol. The lowest BCUT2D eigenvalue weighted by Crippen LogP contribution is -2.64. The van der Waals surface area contributed by atoms with Gasteiger partial charge in [-0.2, -0.15) is 0 Å². The van der Waals surface area contributed by atoms with Crippen molar-refractivity contribution in [3.05, 3.63) is 58.7 Å². The van der Waals surface area contributed by atoms with Crippen molar-refractivity contribution in [1.29, 1.82) is 0 Å². The maximum atomic E-state index is 12.0. The number of aromatic hydroxyl groups is 2. The molecule has 0 radical (unpaired) electrons. The van der Waals surface area contributed by atoms with Crippen LogP contribution in [0.15, 0.2) is 36.4 Å². The third-order valence-corrected chi connectivity index (χ3v) is 12.3. The molecule has 4 aliphatic carbocycles. The van der Waals surface area contributed by atoms with Gasteiger partial charge in [-0.05, 0) is 76.0 Å². The van der Waals surface area contributed by atoms with Crippen LogP contribution in [0.25, 0.3) is 11.1 Å². The van der Waals surface area contributed by atoms with Gasteiger partial charge in [0.15, 0.2) is 23.0 Å². The Morgan fingerprint density at radius 1 is 0.738 bits per heavy atom. The minimum absolute atomic E-state index is 0.184. The van der Waals surface area contributed by atoms with Crippen molar-refractivity contribution in [2.75, 3.05) is 27.0 Å². The van der Waals surface area contributed by atoms with Crippen molar-refractivity contribution >= 4 is 0 Å². The molecule has 2 fully saturated rings. The van der Waals surface area contributed by atoms with Crippen LogP contribution in [0.2, 0.25) is 0 Å². The van der Waals surface area contributed by atoms with Gasteiger partial charge in [-0.25, -0.2) is 0 Å². The first-order valence-electron chi connectivity index (χ1n) is 18.1. The number of nitrogens with zero attached hydrogens (tertiary/aromatic N) is 2. The summed E-state index contributed by atoms with van der Waals surface area (Å²) in [7, 11) is 0. The van der Waals surface area contributed by atoms with E-state index >= 15 is 0 Å². The highest BCUT2D eigenvalue weighted by Crippen LogP contribution is 2.67. The molecule has 0 amide bonds. The second kappa shape index (κ2) is 7.53. The molecule has 4 heterocycles. The number of likely N-dealkylation sites (tertiary alicyclic amines) is 2. The van der Waals surface area contributed by atoms with E-state index in [1.165, 1.54) is 0 Å². The topological polar surface area (TPSA) is 106 Å². The summed E-state index contributed by atoms with van der Waals surface area (Å²) in [6.07, 6.45) is 5.44. The fraction of sp³-hybridized carbons (Fsp3) is 0.529. The predicted octanol–water partition coefficient (Wildman–Crippen LogP) is 2.38. The van der Waals surface area contributed by atoms with Gasteiger partial charge in [0.25, 0.3) is 0 Å². The van der Waals surface area contributed by atoms with E-state index in [-0.39, 0.29) is 46.0 Å². The number of phenolic OH excluding ortho intramolecular Hbond substituents is 2. The van der Waals surface area contributed by atoms with Gasteiger partial charge in [-0.15, -0.1) is 0 Å². The Kier molecular flexibility index (Phi) is 3.46. The van der Waals surface area contributed by atoms with Crippen molar-refractivity contribution in [2.45, 2.75) is 73.0 Å². The van der Waals surface area contributed by atoms with Crippen LogP contribution in [0.4, 0.5) is 0 Å². The predicted molar refractivity (Wildman–Crippen MR) is 154 cm³/mol. The third-order valence-electron chi connectivity index (χ3n) is 12.3. The Balaban J connectivity index is 1.17. The highest BCUT2D eigenvalue weighted by atomic mass is 16.5. The summed E-state index contributed by atoms with van der Waals surface area (Å²) in [6.45, 7) is -4.05. The summed E-state index contributed by atoms with van der Waals surface area (Å²) in [6, 6.07) is 2.83. The summed E-state index contributed by atoms with van der Waals surface area (Å²) < 4.78 is 62.7. The number of phenols is 2.